The molecule has 1 atom stereocenters. The van der Waals surface area contributed by atoms with Crippen molar-refractivity contribution in [3.63, 3.8) is 0 Å². The van der Waals surface area contributed by atoms with Crippen LogP contribution in [0.15, 0.2) is 6.33 Å². The van der Waals surface area contributed by atoms with Gasteiger partial charge in [0.05, 0.1) is 11.7 Å². The van der Waals surface area contributed by atoms with Crippen LogP contribution in [-0.4, -0.2) is 38.7 Å². The largest absolute Gasteiger partial charge is 0.393 e. The number of ether oxygens (including phenoxy) is 1. The molecule has 0 aliphatic rings. The molecule has 1 aromatic heterocycles. The summed E-state index contributed by atoms with van der Waals surface area (Å²) in [7, 11) is 1.66. The lowest BCUT2D eigenvalue weighted by molar-refractivity contribution is -0.0196. The first-order valence-corrected chi connectivity index (χ1v) is 5.97. The van der Waals surface area contributed by atoms with E-state index in [4.69, 9.17) is 4.74 Å². The topological polar surface area (TPSA) is 60.2 Å². The van der Waals surface area contributed by atoms with E-state index in [-0.39, 0.29) is 11.6 Å². The van der Waals surface area contributed by atoms with Crippen molar-refractivity contribution in [2.75, 3.05) is 7.11 Å². The van der Waals surface area contributed by atoms with Crippen LogP contribution in [-0.2, 0) is 11.2 Å². The predicted molar refractivity (Wildman–Crippen MR) is 65.8 cm³/mol. The molecule has 0 fully saturated rings. The molecule has 0 aliphatic heterocycles. The number of methoxy groups -OCH3 is 1. The molecular formula is C12H23N3O2. The van der Waals surface area contributed by atoms with E-state index in [0.717, 1.165) is 5.82 Å². The molecule has 0 saturated carbocycles. The molecule has 0 bridgehead atoms. The number of aliphatic hydroxyl groups excluding tert-OH is 1. The van der Waals surface area contributed by atoms with Gasteiger partial charge in [-0.25, -0.2) is 9.67 Å². The lowest BCUT2D eigenvalue weighted by atomic mass is 9.98. The van der Waals surface area contributed by atoms with E-state index in [1.54, 1.807) is 7.11 Å². The Morgan fingerprint density at radius 2 is 2.12 bits per heavy atom. The molecule has 1 N–H and O–H groups in total. The van der Waals surface area contributed by atoms with Crippen LogP contribution in [0.1, 0.15) is 46.0 Å². The molecule has 1 aromatic rings. The smallest absolute Gasteiger partial charge is 0.138 e. The molecule has 17 heavy (non-hydrogen) atoms. The van der Waals surface area contributed by atoms with Crippen molar-refractivity contribution in [3.8, 4) is 0 Å². The molecule has 1 unspecified atom stereocenters. The molecule has 0 aliphatic carbocycles. The first kappa shape index (κ1) is 14.1. The molecule has 0 aromatic carbocycles. The fourth-order valence-corrected chi connectivity index (χ4v) is 1.79. The second-order valence-electron chi connectivity index (χ2n) is 5.24. The normalized spacial score (nSPS) is 14.3. The highest BCUT2D eigenvalue weighted by Gasteiger charge is 2.23. The lowest BCUT2D eigenvalue weighted by Crippen LogP contribution is -2.30. The zero-order valence-electron chi connectivity index (χ0n) is 11.3. The zero-order valence-corrected chi connectivity index (χ0v) is 11.3. The lowest BCUT2D eigenvalue weighted by Gasteiger charge is -2.25. The summed E-state index contributed by atoms with van der Waals surface area (Å²) >= 11 is 0. The fourth-order valence-electron chi connectivity index (χ4n) is 1.79. The zero-order chi connectivity index (χ0) is 13.1. The summed E-state index contributed by atoms with van der Waals surface area (Å²) in [5.41, 5.74) is -0.317. The second kappa shape index (κ2) is 5.60. The number of aromatic nitrogens is 3. The maximum atomic E-state index is 10.0. The van der Waals surface area contributed by atoms with Crippen LogP contribution in [0.5, 0.6) is 0 Å². The Morgan fingerprint density at radius 1 is 1.47 bits per heavy atom. The van der Waals surface area contributed by atoms with Gasteiger partial charge in [-0.1, -0.05) is 0 Å². The van der Waals surface area contributed by atoms with E-state index in [2.05, 4.69) is 10.1 Å². The fraction of sp³-hybridized carbons (Fsp3) is 0.833. The number of rotatable bonds is 6. The van der Waals surface area contributed by atoms with E-state index in [9.17, 15) is 5.11 Å². The van der Waals surface area contributed by atoms with Crippen molar-refractivity contribution in [1.82, 2.24) is 14.8 Å². The molecule has 5 nitrogen and oxygen atoms in total. The summed E-state index contributed by atoms with van der Waals surface area (Å²) in [6, 6.07) is 0.259. The second-order valence-corrected chi connectivity index (χ2v) is 5.24. The van der Waals surface area contributed by atoms with Crippen molar-refractivity contribution in [2.24, 2.45) is 0 Å². The van der Waals surface area contributed by atoms with Crippen LogP contribution in [0.4, 0.5) is 0 Å². The third-order valence-corrected chi connectivity index (χ3v) is 2.83. The van der Waals surface area contributed by atoms with Gasteiger partial charge < -0.3 is 9.84 Å². The molecule has 1 rings (SSSR count). The van der Waals surface area contributed by atoms with E-state index in [1.807, 2.05) is 32.4 Å². The van der Waals surface area contributed by atoms with Crippen LogP contribution >= 0.6 is 0 Å². The average molecular weight is 241 g/mol. The van der Waals surface area contributed by atoms with E-state index < -0.39 is 6.10 Å². The van der Waals surface area contributed by atoms with Gasteiger partial charge in [-0.15, -0.1) is 0 Å². The van der Waals surface area contributed by atoms with Gasteiger partial charge in [-0.05, 0) is 27.7 Å². The minimum Gasteiger partial charge on any atom is -0.393 e. The molecule has 0 radical (unpaired) electrons. The summed E-state index contributed by atoms with van der Waals surface area (Å²) in [6.07, 6.45) is 2.15. The van der Waals surface area contributed by atoms with E-state index in [1.165, 1.54) is 6.33 Å². The Bertz CT molecular complexity index is 347. The van der Waals surface area contributed by atoms with Crippen LogP contribution in [0.2, 0.25) is 0 Å². The highest BCUT2D eigenvalue weighted by atomic mass is 16.5. The summed E-state index contributed by atoms with van der Waals surface area (Å²) in [4.78, 5) is 4.18. The van der Waals surface area contributed by atoms with Crippen LogP contribution in [0.25, 0.3) is 0 Å². The van der Waals surface area contributed by atoms with Gasteiger partial charge >= 0.3 is 0 Å². The Hall–Kier alpha value is -0.940. The average Bonchev–Trinajstić information content (AvgIpc) is 2.65. The minimum atomic E-state index is -0.466. The van der Waals surface area contributed by atoms with Crippen molar-refractivity contribution in [2.45, 2.75) is 58.3 Å². The molecule has 0 spiro atoms. The number of nitrogens with zero attached hydrogens (tertiary/aromatic N) is 3. The molecule has 0 saturated heterocycles. The standard InChI is InChI=1S/C12H23N3O2/c1-9(2)15-11(13-8-14-15)6-10(16)7-12(3,4)17-5/h8-10,16H,6-7H2,1-5H3. The summed E-state index contributed by atoms with van der Waals surface area (Å²) in [5, 5.41) is 14.2. The predicted octanol–water partition coefficient (Wildman–Crippen LogP) is 1.58. The Morgan fingerprint density at radius 3 is 2.65 bits per heavy atom. The van der Waals surface area contributed by atoms with E-state index >= 15 is 0 Å². The van der Waals surface area contributed by atoms with Crippen molar-refractivity contribution in [1.29, 1.82) is 0 Å². The molecule has 5 heteroatoms. The number of aliphatic hydroxyl groups is 1. The summed E-state index contributed by atoms with van der Waals surface area (Å²) in [5.74, 6) is 0.819. The first-order chi connectivity index (χ1) is 7.85. The maximum Gasteiger partial charge on any atom is 0.138 e. The van der Waals surface area contributed by atoms with Crippen LogP contribution in [0, 0.1) is 0 Å². The van der Waals surface area contributed by atoms with Gasteiger partial charge in [0.2, 0.25) is 0 Å². The number of hydrogen-bond donors (Lipinski definition) is 1. The summed E-state index contributed by atoms with van der Waals surface area (Å²) in [6.45, 7) is 8.01. The molecule has 98 valence electrons. The van der Waals surface area contributed by atoms with Gasteiger partial charge in [0.15, 0.2) is 0 Å². The quantitative estimate of drug-likeness (QED) is 0.821. The molecule has 0 amide bonds. The molecular weight excluding hydrogens is 218 g/mol. The van der Waals surface area contributed by atoms with Gasteiger partial charge in [0.1, 0.15) is 12.2 Å². The minimum absolute atomic E-state index is 0.259. The van der Waals surface area contributed by atoms with Gasteiger partial charge in [-0.3, -0.25) is 0 Å². The van der Waals surface area contributed by atoms with Gasteiger partial charge in [0.25, 0.3) is 0 Å². The highest BCUT2D eigenvalue weighted by Crippen LogP contribution is 2.18. The monoisotopic (exact) mass is 241 g/mol. The Balaban J connectivity index is 2.62. The van der Waals surface area contributed by atoms with Crippen molar-refractivity contribution < 1.29 is 9.84 Å². The SMILES string of the molecule is COC(C)(C)CC(O)Cc1ncnn1C(C)C. The third-order valence-electron chi connectivity index (χ3n) is 2.83. The Labute approximate surface area is 103 Å². The first-order valence-electron chi connectivity index (χ1n) is 5.97. The van der Waals surface area contributed by atoms with Gasteiger partial charge in [-0.2, -0.15) is 5.10 Å². The van der Waals surface area contributed by atoms with E-state index in [0.29, 0.717) is 12.8 Å². The summed E-state index contributed by atoms with van der Waals surface area (Å²) < 4.78 is 7.14. The molecule has 1 heterocycles. The van der Waals surface area contributed by atoms with Crippen molar-refractivity contribution >= 4 is 0 Å². The van der Waals surface area contributed by atoms with Crippen LogP contribution < -0.4 is 0 Å². The van der Waals surface area contributed by atoms with Crippen LogP contribution in [0.3, 0.4) is 0 Å². The number of hydrogen-bond acceptors (Lipinski definition) is 4. The highest BCUT2D eigenvalue weighted by molar-refractivity contribution is 4.90. The van der Waals surface area contributed by atoms with Gasteiger partial charge in [0, 0.05) is 26.0 Å². The Kier molecular flexibility index (Phi) is 4.65. The third kappa shape index (κ3) is 4.09. The van der Waals surface area contributed by atoms with Crippen molar-refractivity contribution in [3.05, 3.63) is 12.2 Å². The maximum absolute atomic E-state index is 10.0.